The molecule has 0 atom stereocenters. The van der Waals surface area contributed by atoms with Crippen LogP contribution in [0.2, 0.25) is 0 Å². The van der Waals surface area contributed by atoms with Crippen molar-refractivity contribution < 1.29 is 0 Å². The number of anilines is 3. The molecule has 14 heteroatoms. The highest BCUT2D eigenvalue weighted by molar-refractivity contribution is 5.90. The summed E-state index contributed by atoms with van der Waals surface area (Å²) in [5, 5.41) is 33.5. The number of nitriles is 1. The zero-order chi connectivity index (χ0) is 27.3. The van der Waals surface area contributed by atoms with Crippen molar-refractivity contribution in [3.63, 3.8) is 0 Å². The standard InChI is InChI=1S/C26H31N13O/c27-7-10-37-11-13-39(14-12-37)26-30-21-16-28-34-25(40)23(21)24(31-26)29-20-3-1-19(2-4-20)17-38-8-5-18(6-9-38)15-22-32-35-36-33-22/h1-4,16,18H,5-6,8-15,17H2,(H,34,40)(H,29,30,31)(H,32,33,35,36). The van der Waals surface area contributed by atoms with Gasteiger partial charge in [0.1, 0.15) is 16.7 Å². The van der Waals surface area contributed by atoms with Gasteiger partial charge in [-0.3, -0.25) is 14.6 Å². The molecule has 2 aliphatic rings. The van der Waals surface area contributed by atoms with Crippen LogP contribution in [-0.2, 0) is 13.0 Å². The van der Waals surface area contributed by atoms with Gasteiger partial charge in [-0.2, -0.15) is 20.6 Å². The number of likely N-dealkylation sites (tertiary alicyclic amines) is 1. The molecule has 4 aromatic rings. The third-order valence-corrected chi connectivity index (χ3v) is 7.65. The minimum absolute atomic E-state index is 0.343. The lowest BCUT2D eigenvalue weighted by molar-refractivity contribution is 0.176. The van der Waals surface area contributed by atoms with Gasteiger partial charge in [0.15, 0.2) is 5.82 Å². The van der Waals surface area contributed by atoms with Crippen LogP contribution in [-0.4, -0.2) is 96.4 Å². The van der Waals surface area contributed by atoms with E-state index in [0.717, 1.165) is 63.5 Å². The molecule has 0 unspecified atom stereocenters. The third kappa shape index (κ3) is 5.90. The van der Waals surface area contributed by atoms with Crippen LogP contribution < -0.4 is 15.8 Å². The molecular formula is C26H31N13O. The Balaban J connectivity index is 1.12. The summed E-state index contributed by atoms with van der Waals surface area (Å²) < 4.78 is 0. The third-order valence-electron chi connectivity index (χ3n) is 7.65. The van der Waals surface area contributed by atoms with Crippen LogP contribution in [0.4, 0.5) is 17.5 Å². The van der Waals surface area contributed by atoms with Crippen LogP contribution in [0.15, 0.2) is 35.3 Å². The second kappa shape index (κ2) is 11.7. The molecule has 3 N–H and O–H groups in total. The minimum Gasteiger partial charge on any atom is -0.339 e. The van der Waals surface area contributed by atoms with Crippen LogP contribution in [0.1, 0.15) is 24.2 Å². The van der Waals surface area contributed by atoms with Gasteiger partial charge in [-0.1, -0.05) is 17.3 Å². The lowest BCUT2D eigenvalue weighted by Gasteiger charge is -2.33. The smallest absolute Gasteiger partial charge is 0.277 e. The summed E-state index contributed by atoms with van der Waals surface area (Å²) in [4.78, 5) is 28.7. The average molecular weight is 542 g/mol. The molecule has 2 saturated heterocycles. The average Bonchev–Trinajstić information content (AvgIpc) is 3.49. The fraction of sp³-hybridized carbons (Fsp3) is 0.462. The summed E-state index contributed by atoms with van der Waals surface area (Å²) in [6.45, 7) is 6.29. The van der Waals surface area contributed by atoms with Gasteiger partial charge >= 0.3 is 0 Å². The Hall–Kier alpha value is -4.48. The first-order valence-corrected chi connectivity index (χ1v) is 13.5. The van der Waals surface area contributed by atoms with Gasteiger partial charge in [0.05, 0.1) is 18.8 Å². The Labute approximate surface area is 230 Å². The van der Waals surface area contributed by atoms with Crippen molar-refractivity contribution in [3.05, 3.63) is 52.2 Å². The predicted molar refractivity (Wildman–Crippen MR) is 148 cm³/mol. The number of nitrogens with zero attached hydrogens (tertiary/aromatic N) is 10. The summed E-state index contributed by atoms with van der Waals surface area (Å²) in [7, 11) is 0. The van der Waals surface area contributed by atoms with Crippen molar-refractivity contribution in [2.24, 2.45) is 5.92 Å². The lowest BCUT2D eigenvalue weighted by Crippen LogP contribution is -2.47. The molecule has 0 radical (unpaired) electrons. The van der Waals surface area contributed by atoms with Gasteiger partial charge < -0.3 is 10.2 Å². The number of fused-ring (bicyclic) bond motifs is 1. The van der Waals surface area contributed by atoms with Gasteiger partial charge in [0.25, 0.3) is 5.56 Å². The van der Waals surface area contributed by atoms with Crippen LogP contribution in [0.5, 0.6) is 0 Å². The van der Waals surface area contributed by atoms with E-state index < -0.39 is 0 Å². The summed E-state index contributed by atoms with van der Waals surface area (Å²) in [5.41, 5.74) is 2.20. The molecule has 0 spiro atoms. The SMILES string of the molecule is N#CCN1CCN(c2nc(Nc3ccc(CN4CCC(Cc5nn[nH]n5)CC4)cc3)c3c(=O)[nH]ncc3n2)CC1. The van der Waals surface area contributed by atoms with Gasteiger partial charge in [0, 0.05) is 44.8 Å². The maximum absolute atomic E-state index is 12.7. The summed E-state index contributed by atoms with van der Waals surface area (Å²) >= 11 is 0. The van der Waals surface area contributed by atoms with Crippen molar-refractivity contribution in [2.45, 2.75) is 25.8 Å². The van der Waals surface area contributed by atoms with E-state index in [4.69, 9.17) is 10.2 Å². The van der Waals surface area contributed by atoms with E-state index in [9.17, 15) is 4.79 Å². The fourth-order valence-electron chi connectivity index (χ4n) is 5.39. The number of rotatable bonds is 8. The molecule has 0 saturated carbocycles. The number of nitrogens with one attached hydrogen (secondary N) is 3. The second-order valence-electron chi connectivity index (χ2n) is 10.3. The molecule has 0 bridgehead atoms. The van der Waals surface area contributed by atoms with E-state index in [2.05, 4.69) is 74.0 Å². The summed E-state index contributed by atoms with van der Waals surface area (Å²) in [5.74, 6) is 2.37. The minimum atomic E-state index is -0.343. The molecule has 40 heavy (non-hydrogen) atoms. The van der Waals surface area contributed by atoms with Gasteiger partial charge in [-0.15, -0.1) is 10.2 Å². The van der Waals surface area contributed by atoms with Crippen LogP contribution in [0, 0.1) is 17.2 Å². The number of piperazine rings is 1. The van der Waals surface area contributed by atoms with Crippen molar-refractivity contribution in [1.82, 2.24) is 50.6 Å². The highest BCUT2D eigenvalue weighted by Gasteiger charge is 2.22. The highest BCUT2D eigenvalue weighted by atomic mass is 16.1. The maximum atomic E-state index is 12.7. The van der Waals surface area contributed by atoms with Gasteiger partial charge in [-0.05, 0) is 49.5 Å². The Kier molecular flexibility index (Phi) is 7.56. The summed E-state index contributed by atoms with van der Waals surface area (Å²) in [6.07, 6.45) is 4.66. The van der Waals surface area contributed by atoms with Gasteiger partial charge in [0.2, 0.25) is 5.95 Å². The first-order valence-electron chi connectivity index (χ1n) is 13.5. The quantitative estimate of drug-likeness (QED) is 0.271. The molecule has 2 aliphatic heterocycles. The first kappa shape index (κ1) is 25.8. The van der Waals surface area contributed by atoms with Crippen molar-refractivity contribution in [2.75, 3.05) is 56.0 Å². The van der Waals surface area contributed by atoms with E-state index in [1.807, 2.05) is 12.1 Å². The van der Waals surface area contributed by atoms with Crippen LogP contribution in [0.3, 0.4) is 0 Å². The molecule has 14 nitrogen and oxygen atoms in total. The predicted octanol–water partition coefficient (Wildman–Crippen LogP) is 1.07. The number of benzene rings is 1. The molecular weight excluding hydrogens is 510 g/mol. The number of tetrazole rings is 1. The monoisotopic (exact) mass is 541 g/mol. The molecule has 5 heterocycles. The molecule has 0 aliphatic carbocycles. The van der Waals surface area contributed by atoms with Crippen LogP contribution >= 0.6 is 0 Å². The van der Waals surface area contributed by atoms with Gasteiger partial charge in [-0.25, -0.2) is 10.1 Å². The van der Waals surface area contributed by atoms with E-state index in [-0.39, 0.29) is 5.56 Å². The molecule has 1 aromatic carbocycles. The number of hydrogen-bond acceptors (Lipinski definition) is 12. The number of aromatic amines is 2. The number of hydrogen-bond donors (Lipinski definition) is 3. The van der Waals surface area contributed by atoms with Crippen LogP contribution in [0.25, 0.3) is 10.9 Å². The maximum Gasteiger partial charge on any atom is 0.277 e. The van der Waals surface area contributed by atoms with E-state index in [1.54, 1.807) is 6.20 Å². The zero-order valence-corrected chi connectivity index (χ0v) is 22.1. The number of aromatic nitrogens is 8. The fourth-order valence-corrected chi connectivity index (χ4v) is 5.39. The molecule has 0 amide bonds. The van der Waals surface area contributed by atoms with E-state index in [1.165, 1.54) is 5.56 Å². The topological polar surface area (TPSA) is 172 Å². The summed E-state index contributed by atoms with van der Waals surface area (Å²) in [6, 6.07) is 10.5. The highest BCUT2D eigenvalue weighted by Crippen LogP contribution is 2.26. The molecule has 206 valence electrons. The lowest BCUT2D eigenvalue weighted by atomic mass is 9.93. The number of piperidine rings is 1. The zero-order valence-electron chi connectivity index (χ0n) is 22.1. The van der Waals surface area contributed by atoms with Crippen molar-refractivity contribution >= 4 is 28.4 Å². The van der Waals surface area contributed by atoms with E-state index in [0.29, 0.717) is 48.2 Å². The first-order chi connectivity index (χ1) is 19.6. The number of H-pyrrole nitrogens is 2. The Morgan fingerprint density at radius 1 is 1.02 bits per heavy atom. The molecule has 6 rings (SSSR count). The second-order valence-corrected chi connectivity index (χ2v) is 10.3. The van der Waals surface area contributed by atoms with E-state index >= 15 is 0 Å². The molecule has 2 fully saturated rings. The Morgan fingerprint density at radius 3 is 2.55 bits per heavy atom. The Bertz CT molecular complexity index is 1510. The Morgan fingerprint density at radius 2 is 1.82 bits per heavy atom. The van der Waals surface area contributed by atoms with Crippen molar-refractivity contribution in [3.8, 4) is 6.07 Å². The normalized spacial score (nSPS) is 17.2. The largest absolute Gasteiger partial charge is 0.339 e. The molecule has 3 aromatic heterocycles. The van der Waals surface area contributed by atoms with Crippen molar-refractivity contribution in [1.29, 1.82) is 5.26 Å².